The van der Waals surface area contributed by atoms with Crippen molar-refractivity contribution in [2.45, 2.75) is 13.0 Å². The van der Waals surface area contributed by atoms with Crippen molar-refractivity contribution in [2.75, 3.05) is 53.4 Å². The SMILES string of the molecule is CN=C(NCCN1CCCN(C)CC1)NCc1ccccc1.I. The molecule has 1 fully saturated rings. The second-order valence-corrected chi connectivity index (χ2v) is 5.84. The Labute approximate surface area is 157 Å². The Morgan fingerprint density at radius 2 is 1.87 bits per heavy atom. The summed E-state index contributed by atoms with van der Waals surface area (Å²) in [7, 11) is 4.03. The van der Waals surface area contributed by atoms with Crippen LogP contribution >= 0.6 is 24.0 Å². The Hall–Kier alpha value is -0.860. The van der Waals surface area contributed by atoms with Crippen LogP contribution in [0, 0.1) is 0 Å². The number of likely N-dealkylation sites (N-methyl/N-ethyl adjacent to an activating group) is 1. The average Bonchev–Trinajstić information content (AvgIpc) is 2.76. The lowest BCUT2D eigenvalue weighted by Gasteiger charge is -2.21. The van der Waals surface area contributed by atoms with Gasteiger partial charge in [-0.15, -0.1) is 24.0 Å². The molecule has 1 aromatic carbocycles. The normalized spacial score (nSPS) is 17.2. The third-order valence-corrected chi connectivity index (χ3v) is 4.06. The Kier molecular flexibility index (Phi) is 10.2. The molecule has 0 aromatic heterocycles. The number of nitrogens with one attached hydrogen (secondary N) is 2. The van der Waals surface area contributed by atoms with E-state index in [0.717, 1.165) is 32.1 Å². The average molecular weight is 431 g/mol. The van der Waals surface area contributed by atoms with E-state index in [-0.39, 0.29) is 24.0 Å². The Morgan fingerprint density at radius 1 is 1.09 bits per heavy atom. The van der Waals surface area contributed by atoms with Gasteiger partial charge in [0.25, 0.3) is 0 Å². The van der Waals surface area contributed by atoms with E-state index >= 15 is 0 Å². The second kappa shape index (κ2) is 11.6. The molecular formula is C17H30IN5. The molecule has 0 spiro atoms. The maximum atomic E-state index is 4.28. The first-order valence-corrected chi connectivity index (χ1v) is 8.17. The topological polar surface area (TPSA) is 42.9 Å². The summed E-state index contributed by atoms with van der Waals surface area (Å²) in [6.07, 6.45) is 1.26. The number of nitrogens with zero attached hydrogens (tertiary/aromatic N) is 3. The van der Waals surface area contributed by atoms with Gasteiger partial charge in [0.1, 0.15) is 0 Å². The number of hydrogen-bond acceptors (Lipinski definition) is 3. The zero-order chi connectivity index (χ0) is 15.6. The monoisotopic (exact) mass is 431 g/mol. The van der Waals surface area contributed by atoms with E-state index in [9.17, 15) is 0 Å². The molecule has 5 nitrogen and oxygen atoms in total. The van der Waals surface area contributed by atoms with Crippen molar-refractivity contribution in [3.63, 3.8) is 0 Å². The van der Waals surface area contributed by atoms with Crippen LogP contribution in [-0.4, -0.2) is 69.1 Å². The largest absolute Gasteiger partial charge is 0.355 e. The molecule has 1 aliphatic heterocycles. The quantitative estimate of drug-likeness (QED) is 0.423. The molecule has 1 heterocycles. The van der Waals surface area contributed by atoms with Crippen molar-refractivity contribution in [1.29, 1.82) is 0 Å². The minimum Gasteiger partial charge on any atom is -0.355 e. The molecule has 0 radical (unpaired) electrons. The second-order valence-electron chi connectivity index (χ2n) is 5.84. The molecule has 1 aromatic rings. The van der Waals surface area contributed by atoms with Gasteiger partial charge in [-0.2, -0.15) is 0 Å². The number of aliphatic imine (C=N–C) groups is 1. The van der Waals surface area contributed by atoms with Crippen LogP contribution in [0.5, 0.6) is 0 Å². The first-order valence-electron chi connectivity index (χ1n) is 8.17. The van der Waals surface area contributed by atoms with Gasteiger partial charge >= 0.3 is 0 Å². The van der Waals surface area contributed by atoms with Crippen molar-refractivity contribution < 1.29 is 0 Å². The third kappa shape index (κ3) is 7.99. The molecule has 1 aliphatic rings. The molecule has 6 heteroatoms. The highest BCUT2D eigenvalue weighted by Gasteiger charge is 2.11. The smallest absolute Gasteiger partial charge is 0.191 e. The fourth-order valence-corrected chi connectivity index (χ4v) is 2.66. The number of rotatable bonds is 5. The lowest BCUT2D eigenvalue weighted by atomic mass is 10.2. The number of benzene rings is 1. The van der Waals surface area contributed by atoms with Gasteiger partial charge in [0.2, 0.25) is 0 Å². The van der Waals surface area contributed by atoms with Gasteiger partial charge in [0, 0.05) is 39.8 Å². The fourth-order valence-electron chi connectivity index (χ4n) is 2.66. The van der Waals surface area contributed by atoms with Crippen molar-refractivity contribution in [1.82, 2.24) is 20.4 Å². The Balaban J connectivity index is 0.00000264. The van der Waals surface area contributed by atoms with Crippen molar-refractivity contribution in [3.8, 4) is 0 Å². The number of hydrogen-bond donors (Lipinski definition) is 2. The summed E-state index contributed by atoms with van der Waals surface area (Å²) in [5.41, 5.74) is 1.26. The van der Waals surface area contributed by atoms with E-state index in [0.29, 0.717) is 0 Å². The lowest BCUT2D eigenvalue weighted by molar-refractivity contribution is 0.280. The third-order valence-electron chi connectivity index (χ3n) is 4.06. The molecule has 0 unspecified atom stereocenters. The molecule has 0 atom stereocenters. The predicted octanol–water partition coefficient (Wildman–Crippen LogP) is 1.61. The predicted molar refractivity (Wildman–Crippen MR) is 109 cm³/mol. The standard InChI is InChI=1S/C17H29N5.HI/c1-18-17(20-15-16-7-4-3-5-8-16)19-9-12-22-11-6-10-21(2)13-14-22;/h3-5,7-8H,6,9-15H2,1-2H3,(H2,18,19,20);1H. The maximum Gasteiger partial charge on any atom is 0.191 e. The van der Waals surface area contributed by atoms with Crippen LogP contribution < -0.4 is 10.6 Å². The molecule has 0 amide bonds. The van der Waals surface area contributed by atoms with Crippen LogP contribution in [-0.2, 0) is 6.54 Å². The minimum absolute atomic E-state index is 0. The van der Waals surface area contributed by atoms with E-state index in [1.807, 2.05) is 13.1 Å². The van der Waals surface area contributed by atoms with Crippen LogP contribution in [0.15, 0.2) is 35.3 Å². The summed E-state index contributed by atoms with van der Waals surface area (Å²) >= 11 is 0. The molecule has 130 valence electrons. The highest BCUT2D eigenvalue weighted by atomic mass is 127. The van der Waals surface area contributed by atoms with Crippen LogP contribution in [0.3, 0.4) is 0 Å². The summed E-state index contributed by atoms with van der Waals surface area (Å²) < 4.78 is 0. The summed E-state index contributed by atoms with van der Waals surface area (Å²) in [6.45, 7) is 7.54. The van der Waals surface area contributed by atoms with E-state index < -0.39 is 0 Å². The molecule has 23 heavy (non-hydrogen) atoms. The molecule has 1 saturated heterocycles. The Morgan fingerprint density at radius 3 is 2.61 bits per heavy atom. The first kappa shape index (κ1) is 20.2. The van der Waals surface area contributed by atoms with Crippen molar-refractivity contribution in [3.05, 3.63) is 35.9 Å². The number of guanidine groups is 1. The Bertz CT molecular complexity index is 452. The summed E-state index contributed by atoms with van der Waals surface area (Å²) in [4.78, 5) is 9.22. The van der Waals surface area contributed by atoms with E-state index in [1.54, 1.807) is 0 Å². The number of halogens is 1. The van der Waals surface area contributed by atoms with Gasteiger partial charge < -0.3 is 20.4 Å². The van der Waals surface area contributed by atoms with Gasteiger partial charge in [-0.3, -0.25) is 4.99 Å². The van der Waals surface area contributed by atoms with E-state index in [1.165, 1.54) is 31.6 Å². The molecule has 2 N–H and O–H groups in total. The first-order chi connectivity index (χ1) is 10.8. The molecule has 0 bridgehead atoms. The summed E-state index contributed by atoms with van der Waals surface area (Å²) in [5.74, 6) is 0.871. The fraction of sp³-hybridized carbons (Fsp3) is 0.588. The zero-order valence-electron chi connectivity index (χ0n) is 14.3. The van der Waals surface area contributed by atoms with Gasteiger partial charge in [0.05, 0.1) is 0 Å². The summed E-state index contributed by atoms with van der Waals surface area (Å²) in [5, 5.41) is 6.76. The van der Waals surface area contributed by atoms with Gasteiger partial charge in [-0.05, 0) is 32.1 Å². The molecule has 0 aliphatic carbocycles. The van der Waals surface area contributed by atoms with E-state index in [2.05, 4.69) is 56.7 Å². The van der Waals surface area contributed by atoms with E-state index in [4.69, 9.17) is 0 Å². The van der Waals surface area contributed by atoms with Gasteiger partial charge in [-0.1, -0.05) is 30.3 Å². The van der Waals surface area contributed by atoms with Crippen molar-refractivity contribution in [2.24, 2.45) is 4.99 Å². The van der Waals surface area contributed by atoms with Gasteiger partial charge in [-0.25, -0.2) is 0 Å². The van der Waals surface area contributed by atoms with Crippen LogP contribution in [0.25, 0.3) is 0 Å². The molecular weight excluding hydrogens is 401 g/mol. The minimum atomic E-state index is 0. The van der Waals surface area contributed by atoms with Crippen molar-refractivity contribution >= 4 is 29.9 Å². The van der Waals surface area contributed by atoms with Crippen LogP contribution in [0.4, 0.5) is 0 Å². The van der Waals surface area contributed by atoms with Crippen LogP contribution in [0.1, 0.15) is 12.0 Å². The molecule has 2 rings (SSSR count). The maximum absolute atomic E-state index is 4.28. The highest BCUT2D eigenvalue weighted by Crippen LogP contribution is 2.00. The molecule has 0 saturated carbocycles. The summed E-state index contributed by atoms with van der Waals surface area (Å²) in [6, 6.07) is 10.4. The zero-order valence-corrected chi connectivity index (χ0v) is 16.6. The van der Waals surface area contributed by atoms with Crippen LogP contribution in [0.2, 0.25) is 0 Å². The lowest BCUT2D eigenvalue weighted by Crippen LogP contribution is -2.42. The van der Waals surface area contributed by atoms with Gasteiger partial charge in [0.15, 0.2) is 5.96 Å². The highest BCUT2D eigenvalue weighted by molar-refractivity contribution is 14.0.